The Morgan fingerprint density at radius 1 is 1.17 bits per heavy atom. The minimum atomic E-state index is -3.34. The molecule has 1 saturated heterocycles. The number of nitrogens with two attached hydrogens (primary N) is 1. The highest BCUT2D eigenvalue weighted by Gasteiger charge is 2.24. The molecule has 1 amide bonds. The minimum Gasteiger partial charge on any atom is -0.342 e. The van der Waals surface area contributed by atoms with Crippen molar-refractivity contribution < 1.29 is 13.2 Å². The van der Waals surface area contributed by atoms with Gasteiger partial charge >= 0.3 is 0 Å². The van der Waals surface area contributed by atoms with E-state index >= 15 is 0 Å². The van der Waals surface area contributed by atoms with E-state index in [0.717, 1.165) is 18.4 Å². The van der Waals surface area contributed by atoms with Crippen LogP contribution >= 0.6 is 12.4 Å². The zero-order valence-electron chi connectivity index (χ0n) is 13.2. The first kappa shape index (κ1) is 19.9. The van der Waals surface area contributed by atoms with Crippen LogP contribution in [-0.2, 0) is 21.1 Å². The van der Waals surface area contributed by atoms with Crippen LogP contribution in [0.25, 0.3) is 0 Å². The van der Waals surface area contributed by atoms with Crippen molar-refractivity contribution >= 4 is 28.2 Å². The van der Waals surface area contributed by atoms with Crippen LogP contribution in [0.1, 0.15) is 24.8 Å². The zero-order chi connectivity index (χ0) is 16.0. The van der Waals surface area contributed by atoms with Gasteiger partial charge in [-0.3, -0.25) is 4.79 Å². The zero-order valence-corrected chi connectivity index (χ0v) is 14.8. The van der Waals surface area contributed by atoms with E-state index in [1.807, 2.05) is 30.3 Å². The number of carbonyl (C=O) groups is 1. The monoisotopic (exact) mass is 360 g/mol. The van der Waals surface area contributed by atoms with E-state index in [-0.39, 0.29) is 35.9 Å². The number of benzene rings is 1. The number of amides is 1. The van der Waals surface area contributed by atoms with Crippen LogP contribution in [0.4, 0.5) is 0 Å². The van der Waals surface area contributed by atoms with Gasteiger partial charge in [0, 0.05) is 19.1 Å². The van der Waals surface area contributed by atoms with Crippen LogP contribution in [0, 0.1) is 0 Å². The molecule has 0 unspecified atom stereocenters. The number of sulfone groups is 1. The summed E-state index contributed by atoms with van der Waals surface area (Å²) >= 11 is 0. The van der Waals surface area contributed by atoms with Crippen LogP contribution in [-0.4, -0.2) is 49.9 Å². The molecule has 0 atom stereocenters. The van der Waals surface area contributed by atoms with Crippen LogP contribution in [0.5, 0.6) is 0 Å². The van der Waals surface area contributed by atoms with Crippen molar-refractivity contribution in [2.24, 2.45) is 5.73 Å². The molecule has 0 spiro atoms. The highest BCUT2D eigenvalue weighted by atomic mass is 35.5. The number of halogens is 1. The van der Waals surface area contributed by atoms with Gasteiger partial charge in [0.2, 0.25) is 5.91 Å². The van der Waals surface area contributed by atoms with Crippen molar-refractivity contribution in [2.45, 2.75) is 31.7 Å². The number of carbonyl (C=O) groups excluding carboxylic acids is 1. The third kappa shape index (κ3) is 6.89. The lowest BCUT2D eigenvalue weighted by atomic mass is 10.1. The van der Waals surface area contributed by atoms with E-state index in [2.05, 4.69) is 0 Å². The smallest absolute Gasteiger partial charge is 0.237 e. The number of likely N-dealkylation sites (tertiary alicyclic amines) is 1. The summed E-state index contributed by atoms with van der Waals surface area (Å²) in [5.41, 5.74) is 6.91. The highest BCUT2D eigenvalue weighted by molar-refractivity contribution is 7.92. The lowest BCUT2D eigenvalue weighted by Crippen LogP contribution is -2.45. The standard InChI is InChI=1S/C16H24N2O3S.ClH/c17-15-8-10-18(11-9-15)16(19)13-22(20,21)12-4-7-14-5-2-1-3-6-14;/h1-3,5-6,15H,4,7-13,17H2;1H. The molecule has 2 rings (SSSR count). The summed E-state index contributed by atoms with van der Waals surface area (Å²) in [5.74, 6) is -0.607. The van der Waals surface area contributed by atoms with Crippen molar-refractivity contribution in [1.82, 2.24) is 4.90 Å². The summed E-state index contributed by atoms with van der Waals surface area (Å²) in [7, 11) is -3.34. The number of nitrogens with zero attached hydrogens (tertiary/aromatic N) is 1. The molecule has 1 aliphatic heterocycles. The van der Waals surface area contributed by atoms with Crippen molar-refractivity contribution in [3.63, 3.8) is 0 Å². The predicted molar refractivity (Wildman–Crippen MR) is 94.5 cm³/mol. The fourth-order valence-corrected chi connectivity index (χ4v) is 3.93. The number of hydrogen-bond donors (Lipinski definition) is 1. The minimum absolute atomic E-state index is 0. The Kier molecular flexibility index (Phi) is 8.02. The Morgan fingerprint density at radius 2 is 1.78 bits per heavy atom. The maximum Gasteiger partial charge on any atom is 0.237 e. The van der Waals surface area contributed by atoms with Gasteiger partial charge in [-0.05, 0) is 31.2 Å². The first-order chi connectivity index (χ1) is 10.5. The first-order valence-electron chi connectivity index (χ1n) is 7.74. The molecule has 1 aliphatic rings. The number of piperidine rings is 1. The van der Waals surface area contributed by atoms with Gasteiger partial charge in [-0.25, -0.2) is 8.42 Å². The number of rotatable bonds is 6. The Bertz CT molecular complexity index is 585. The molecule has 0 saturated carbocycles. The van der Waals surface area contributed by atoms with Crippen molar-refractivity contribution in [2.75, 3.05) is 24.6 Å². The summed E-state index contributed by atoms with van der Waals surface area (Å²) < 4.78 is 24.1. The lowest BCUT2D eigenvalue weighted by molar-refractivity contribution is -0.129. The second-order valence-corrected chi connectivity index (χ2v) is 8.08. The molecule has 1 aromatic carbocycles. The van der Waals surface area contributed by atoms with E-state index in [4.69, 9.17) is 5.73 Å². The third-order valence-electron chi connectivity index (χ3n) is 4.00. The normalized spacial score (nSPS) is 16.0. The molecule has 130 valence electrons. The van der Waals surface area contributed by atoms with Crippen molar-refractivity contribution in [3.8, 4) is 0 Å². The molecule has 1 heterocycles. The first-order valence-corrected chi connectivity index (χ1v) is 9.56. The maximum atomic E-state index is 12.1. The fourth-order valence-electron chi connectivity index (χ4n) is 2.64. The van der Waals surface area contributed by atoms with Gasteiger partial charge < -0.3 is 10.6 Å². The van der Waals surface area contributed by atoms with Gasteiger partial charge in [0.25, 0.3) is 0 Å². The highest BCUT2D eigenvalue weighted by Crippen LogP contribution is 2.10. The molecule has 1 fully saturated rings. The second-order valence-electron chi connectivity index (χ2n) is 5.90. The topological polar surface area (TPSA) is 80.5 Å². The lowest BCUT2D eigenvalue weighted by Gasteiger charge is -2.30. The summed E-state index contributed by atoms with van der Waals surface area (Å²) in [4.78, 5) is 13.7. The number of aryl methyl sites for hydroxylation is 1. The molecule has 1 aromatic rings. The average molecular weight is 361 g/mol. The largest absolute Gasteiger partial charge is 0.342 e. The van der Waals surface area contributed by atoms with Crippen LogP contribution < -0.4 is 5.73 Å². The molecule has 0 radical (unpaired) electrons. The number of hydrogen-bond acceptors (Lipinski definition) is 4. The Balaban J connectivity index is 0.00000264. The summed E-state index contributed by atoms with van der Waals surface area (Å²) in [6.45, 7) is 1.14. The fraction of sp³-hybridized carbons (Fsp3) is 0.562. The molecule has 0 aromatic heterocycles. The summed E-state index contributed by atoms with van der Waals surface area (Å²) in [5, 5.41) is 0. The molecule has 0 aliphatic carbocycles. The Morgan fingerprint density at radius 3 is 2.39 bits per heavy atom. The van der Waals surface area contributed by atoms with Crippen molar-refractivity contribution in [3.05, 3.63) is 35.9 Å². The second kappa shape index (κ2) is 9.25. The van der Waals surface area contributed by atoms with Gasteiger partial charge in [-0.2, -0.15) is 0 Å². The van der Waals surface area contributed by atoms with Gasteiger partial charge in [0.15, 0.2) is 9.84 Å². The molecular formula is C16H25ClN2O3S. The third-order valence-corrected chi connectivity index (χ3v) is 5.60. The van der Waals surface area contributed by atoms with Crippen molar-refractivity contribution in [1.29, 1.82) is 0 Å². The van der Waals surface area contributed by atoms with Gasteiger partial charge in [0.1, 0.15) is 5.75 Å². The summed E-state index contributed by atoms with van der Waals surface area (Å²) in [6, 6.07) is 9.90. The van der Waals surface area contributed by atoms with Crippen LogP contribution in [0.2, 0.25) is 0 Å². The quantitative estimate of drug-likeness (QED) is 0.831. The molecule has 7 heteroatoms. The summed E-state index contributed by atoms with van der Waals surface area (Å²) in [6.07, 6.45) is 2.76. The van der Waals surface area contributed by atoms with E-state index in [0.29, 0.717) is 25.9 Å². The molecule has 0 bridgehead atoms. The molecular weight excluding hydrogens is 336 g/mol. The molecule has 5 nitrogen and oxygen atoms in total. The Hall–Kier alpha value is -1.11. The van der Waals surface area contributed by atoms with Crippen LogP contribution in [0.15, 0.2) is 30.3 Å². The van der Waals surface area contributed by atoms with Gasteiger partial charge in [-0.15, -0.1) is 12.4 Å². The average Bonchev–Trinajstić information content (AvgIpc) is 2.48. The van der Waals surface area contributed by atoms with Gasteiger partial charge in [0.05, 0.1) is 5.75 Å². The predicted octanol–water partition coefficient (Wildman–Crippen LogP) is 1.41. The van der Waals surface area contributed by atoms with E-state index in [1.54, 1.807) is 4.90 Å². The SMILES string of the molecule is Cl.NC1CCN(C(=O)CS(=O)(=O)CCCc2ccccc2)CC1. The molecule has 23 heavy (non-hydrogen) atoms. The Labute approximate surface area is 144 Å². The molecule has 2 N–H and O–H groups in total. The van der Waals surface area contributed by atoms with E-state index in [9.17, 15) is 13.2 Å². The maximum absolute atomic E-state index is 12.1. The van der Waals surface area contributed by atoms with Gasteiger partial charge in [-0.1, -0.05) is 30.3 Å². The van der Waals surface area contributed by atoms with E-state index in [1.165, 1.54) is 0 Å². The van der Waals surface area contributed by atoms with Crippen LogP contribution in [0.3, 0.4) is 0 Å². The van der Waals surface area contributed by atoms with E-state index < -0.39 is 9.84 Å².